The lowest BCUT2D eigenvalue weighted by atomic mass is 10.2. The van der Waals surface area contributed by atoms with Crippen LogP contribution in [0.25, 0.3) is 0 Å². The van der Waals surface area contributed by atoms with E-state index in [4.69, 9.17) is 32.5 Å². The quantitative estimate of drug-likeness (QED) is 0.546. The van der Waals surface area contributed by atoms with Crippen molar-refractivity contribution in [3.8, 4) is 5.75 Å². The van der Waals surface area contributed by atoms with Crippen molar-refractivity contribution < 1.29 is 14.1 Å². The smallest absolute Gasteiger partial charge is 0.237 e. The lowest BCUT2D eigenvalue weighted by Crippen LogP contribution is -2.15. The van der Waals surface area contributed by atoms with Crippen molar-refractivity contribution in [1.82, 2.24) is 10.1 Å². The Morgan fingerprint density at radius 2 is 2.07 bits per heavy atom. The van der Waals surface area contributed by atoms with Crippen LogP contribution < -0.4 is 10.1 Å². The molecule has 1 heterocycles. The van der Waals surface area contributed by atoms with Crippen LogP contribution in [0.3, 0.4) is 0 Å². The summed E-state index contributed by atoms with van der Waals surface area (Å²) in [6.07, 6.45) is -0.00979. The molecule has 0 unspecified atom stereocenters. The number of thioether (sulfide) groups is 1. The number of halogens is 2. The molecule has 0 atom stereocenters. The average Bonchev–Trinajstić information content (AvgIpc) is 3.10. The highest BCUT2D eigenvalue weighted by atomic mass is 35.5. The minimum Gasteiger partial charge on any atom is -0.495 e. The van der Waals surface area contributed by atoms with E-state index in [1.807, 2.05) is 12.1 Å². The van der Waals surface area contributed by atoms with Crippen LogP contribution in [0, 0.1) is 0 Å². The molecule has 1 N–H and O–H groups in total. The Morgan fingerprint density at radius 3 is 2.89 bits per heavy atom. The fraction of sp³-hybridized carbons (Fsp3) is 0.167. The Hall–Kier alpha value is -2.22. The first-order valence-corrected chi connectivity index (χ1v) is 9.61. The van der Waals surface area contributed by atoms with Gasteiger partial charge in [0.2, 0.25) is 11.8 Å². The summed E-state index contributed by atoms with van der Waals surface area (Å²) in [4.78, 5) is 17.2. The first-order chi connectivity index (χ1) is 13.0. The molecule has 6 nitrogen and oxygen atoms in total. The average molecular weight is 424 g/mol. The molecular formula is C18H15Cl2N3O3S. The van der Waals surface area contributed by atoms with Crippen molar-refractivity contribution in [3.05, 3.63) is 64.2 Å². The number of carbonyl (C=O) groups is 1. The molecule has 0 fully saturated rings. The van der Waals surface area contributed by atoms with Gasteiger partial charge >= 0.3 is 0 Å². The van der Waals surface area contributed by atoms with Crippen molar-refractivity contribution >= 4 is 46.6 Å². The first kappa shape index (κ1) is 19.5. The normalized spacial score (nSPS) is 10.6. The maximum Gasteiger partial charge on any atom is 0.237 e. The maximum absolute atomic E-state index is 12.2. The van der Waals surface area contributed by atoms with E-state index in [1.54, 1.807) is 37.4 Å². The highest BCUT2D eigenvalue weighted by Gasteiger charge is 2.14. The van der Waals surface area contributed by atoms with E-state index in [9.17, 15) is 4.79 Å². The number of aromatic nitrogens is 2. The van der Waals surface area contributed by atoms with E-state index < -0.39 is 0 Å². The van der Waals surface area contributed by atoms with E-state index in [-0.39, 0.29) is 12.3 Å². The molecule has 9 heteroatoms. The molecule has 0 aliphatic heterocycles. The standard InChI is InChI=1S/C18H15Cl2N3O3S/c1-25-14-5-3-2-4-13(14)21-17(24)9-16-22-18(26-23-16)10-27-15-8-11(19)6-7-12(15)20/h2-8H,9-10H2,1H3,(H,21,24). The third-order valence-electron chi connectivity index (χ3n) is 3.45. The van der Waals surface area contributed by atoms with Gasteiger partial charge in [-0.25, -0.2) is 0 Å². The number of hydrogen-bond acceptors (Lipinski definition) is 6. The summed E-state index contributed by atoms with van der Waals surface area (Å²) in [5, 5.41) is 7.81. The fourth-order valence-corrected chi connectivity index (χ4v) is 3.56. The summed E-state index contributed by atoms with van der Waals surface area (Å²) >= 11 is 13.5. The van der Waals surface area contributed by atoms with E-state index in [0.717, 1.165) is 4.90 Å². The minimum atomic E-state index is -0.266. The number of ether oxygens (including phenoxy) is 1. The molecular weight excluding hydrogens is 409 g/mol. The van der Waals surface area contributed by atoms with Crippen LogP contribution in [0.5, 0.6) is 5.75 Å². The number of nitrogens with zero attached hydrogens (tertiary/aromatic N) is 2. The van der Waals surface area contributed by atoms with Crippen LogP contribution in [-0.2, 0) is 17.0 Å². The number of amides is 1. The predicted molar refractivity (Wildman–Crippen MR) is 106 cm³/mol. The van der Waals surface area contributed by atoms with Gasteiger partial charge in [-0.2, -0.15) is 4.98 Å². The molecule has 3 aromatic rings. The summed E-state index contributed by atoms with van der Waals surface area (Å²) in [7, 11) is 1.54. The van der Waals surface area contributed by atoms with Gasteiger partial charge in [-0.1, -0.05) is 40.5 Å². The minimum absolute atomic E-state index is 0.00979. The Kier molecular flexibility index (Phi) is 6.60. The second kappa shape index (κ2) is 9.12. The second-order valence-corrected chi connectivity index (χ2v) is 7.25. The van der Waals surface area contributed by atoms with Gasteiger partial charge in [0, 0.05) is 9.92 Å². The lowest BCUT2D eigenvalue weighted by Gasteiger charge is -2.08. The Bertz CT molecular complexity index is 949. The number of carbonyl (C=O) groups excluding carboxylic acids is 1. The van der Waals surface area contributed by atoms with Gasteiger partial charge < -0.3 is 14.6 Å². The maximum atomic E-state index is 12.2. The van der Waals surface area contributed by atoms with Crippen molar-refractivity contribution in [1.29, 1.82) is 0 Å². The highest BCUT2D eigenvalue weighted by Crippen LogP contribution is 2.31. The SMILES string of the molecule is COc1ccccc1NC(=O)Cc1noc(CSc2cc(Cl)ccc2Cl)n1. The lowest BCUT2D eigenvalue weighted by molar-refractivity contribution is -0.115. The molecule has 0 aliphatic carbocycles. The van der Waals surface area contributed by atoms with Gasteiger partial charge in [-0.3, -0.25) is 4.79 Å². The molecule has 0 radical (unpaired) electrons. The number of rotatable bonds is 7. The number of anilines is 1. The monoisotopic (exact) mass is 423 g/mol. The fourth-order valence-electron chi connectivity index (χ4n) is 2.23. The van der Waals surface area contributed by atoms with Gasteiger partial charge in [0.15, 0.2) is 5.82 Å². The van der Waals surface area contributed by atoms with E-state index in [0.29, 0.717) is 39.0 Å². The summed E-state index contributed by atoms with van der Waals surface area (Å²) in [5.74, 6) is 1.43. The number of nitrogens with one attached hydrogen (secondary N) is 1. The van der Waals surface area contributed by atoms with Gasteiger partial charge in [0.25, 0.3) is 0 Å². The predicted octanol–water partition coefficient (Wildman–Crippen LogP) is 4.86. The molecule has 1 amide bonds. The number of methoxy groups -OCH3 is 1. The zero-order valence-electron chi connectivity index (χ0n) is 14.2. The van der Waals surface area contributed by atoms with Crippen LogP contribution >= 0.6 is 35.0 Å². The topological polar surface area (TPSA) is 77.2 Å². The van der Waals surface area contributed by atoms with Crippen LogP contribution in [0.1, 0.15) is 11.7 Å². The zero-order valence-corrected chi connectivity index (χ0v) is 16.6. The summed E-state index contributed by atoms with van der Waals surface area (Å²) in [5.41, 5.74) is 0.583. The van der Waals surface area contributed by atoms with Gasteiger partial charge in [-0.05, 0) is 30.3 Å². The van der Waals surface area contributed by atoms with Gasteiger partial charge in [0.1, 0.15) is 5.75 Å². The Morgan fingerprint density at radius 1 is 1.26 bits per heavy atom. The molecule has 140 valence electrons. The number of para-hydroxylation sites is 2. The third kappa shape index (κ3) is 5.38. The van der Waals surface area contributed by atoms with E-state index >= 15 is 0 Å². The van der Waals surface area contributed by atoms with Crippen LogP contribution in [0.2, 0.25) is 10.0 Å². The molecule has 2 aromatic carbocycles. The largest absolute Gasteiger partial charge is 0.495 e. The molecule has 3 rings (SSSR count). The zero-order chi connectivity index (χ0) is 19.2. The Labute approximate surface area is 170 Å². The molecule has 0 saturated heterocycles. The Balaban J connectivity index is 1.57. The molecule has 1 aromatic heterocycles. The van der Waals surface area contributed by atoms with Gasteiger partial charge in [-0.15, -0.1) is 11.8 Å². The van der Waals surface area contributed by atoms with Crippen LogP contribution in [0.15, 0.2) is 51.9 Å². The molecule has 0 bridgehead atoms. The molecule has 27 heavy (non-hydrogen) atoms. The number of benzene rings is 2. The highest BCUT2D eigenvalue weighted by molar-refractivity contribution is 7.98. The number of hydrogen-bond donors (Lipinski definition) is 1. The summed E-state index contributed by atoms with van der Waals surface area (Å²) in [6.45, 7) is 0. The third-order valence-corrected chi connectivity index (χ3v) is 5.17. The summed E-state index contributed by atoms with van der Waals surface area (Å²) in [6, 6.07) is 12.4. The van der Waals surface area contributed by atoms with Crippen molar-refractivity contribution in [2.45, 2.75) is 17.1 Å². The first-order valence-electron chi connectivity index (χ1n) is 7.87. The van der Waals surface area contributed by atoms with Gasteiger partial charge in [0.05, 0.1) is 30.0 Å². The molecule has 0 saturated carbocycles. The van der Waals surface area contributed by atoms with E-state index in [2.05, 4.69) is 15.5 Å². The van der Waals surface area contributed by atoms with Crippen molar-refractivity contribution in [2.24, 2.45) is 0 Å². The molecule has 0 spiro atoms. The van der Waals surface area contributed by atoms with Crippen molar-refractivity contribution in [2.75, 3.05) is 12.4 Å². The van der Waals surface area contributed by atoms with Crippen molar-refractivity contribution in [3.63, 3.8) is 0 Å². The van der Waals surface area contributed by atoms with Crippen LogP contribution in [0.4, 0.5) is 5.69 Å². The molecule has 0 aliphatic rings. The van der Waals surface area contributed by atoms with Crippen LogP contribution in [-0.4, -0.2) is 23.2 Å². The second-order valence-electron chi connectivity index (χ2n) is 5.39. The van der Waals surface area contributed by atoms with E-state index in [1.165, 1.54) is 11.8 Å². The summed E-state index contributed by atoms with van der Waals surface area (Å²) < 4.78 is 10.4.